The van der Waals surface area contributed by atoms with Crippen molar-refractivity contribution in [1.29, 1.82) is 0 Å². The highest BCUT2D eigenvalue weighted by Gasteiger charge is 2.02. The Balaban J connectivity index is 2.51. The van der Waals surface area contributed by atoms with Crippen LogP contribution >= 0.6 is 0 Å². The monoisotopic (exact) mass is 198 g/mol. The lowest BCUT2D eigenvalue weighted by molar-refractivity contribution is 0.234. The smallest absolute Gasteiger partial charge is 0.169 e. The van der Waals surface area contributed by atoms with Crippen molar-refractivity contribution in [2.75, 3.05) is 0 Å². The zero-order valence-corrected chi connectivity index (χ0v) is 7.10. The molecule has 1 unspecified atom stereocenters. The molecule has 1 aromatic carbocycles. The van der Waals surface area contributed by atoms with Crippen molar-refractivity contribution in [3.8, 4) is 0 Å². The van der Waals surface area contributed by atoms with Crippen LogP contribution in [0, 0.1) is 0 Å². The van der Waals surface area contributed by atoms with Crippen LogP contribution in [0.15, 0.2) is 24.3 Å². The normalized spacial score (nSPS) is 13.0. The third-order valence-corrected chi connectivity index (χ3v) is 1.72. The zero-order chi connectivity index (χ0) is 9.26. The summed E-state index contributed by atoms with van der Waals surface area (Å²) in [5, 5.41) is 7.17. The van der Waals surface area contributed by atoms with Gasteiger partial charge in [0.25, 0.3) is 0 Å². The summed E-state index contributed by atoms with van der Waals surface area (Å²) in [5.74, 6) is 0. The summed E-state index contributed by atoms with van der Waals surface area (Å²) < 4.78 is 24.7. The van der Waals surface area contributed by atoms with E-state index in [1.54, 1.807) is 24.3 Å². The molecule has 2 rings (SSSR count). The average Bonchev–Trinajstić information content (AvgIpc) is 2.48. The third kappa shape index (κ3) is 1.51. The van der Waals surface area contributed by atoms with Crippen molar-refractivity contribution in [2.24, 2.45) is 0 Å². The molecular formula is C6H4N3O3S-. The highest BCUT2D eigenvalue weighted by atomic mass is 32.2. The van der Waals surface area contributed by atoms with E-state index in [2.05, 4.69) is 14.6 Å². The van der Waals surface area contributed by atoms with Crippen LogP contribution in [0.1, 0.15) is 0 Å². The maximum Gasteiger partial charge on any atom is 0.169 e. The maximum absolute atomic E-state index is 10.2. The van der Waals surface area contributed by atoms with Crippen LogP contribution in [0.3, 0.4) is 0 Å². The highest BCUT2D eigenvalue weighted by Crippen LogP contribution is 2.07. The second-order valence-corrected chi connectivity index (χ2v) is 2.79. The molecule has 0 radical (unpaired) electrons. The number of aromatic nitrogens is 3. The lowest BCUT2D eigenvalue weighted by atomic mass is 10.3. The van der Waals surface area contributed by atoms with Crippen molar-refractivity contribution in [2.45, 2.75) is 0 Å². The topological polar surface area (TPSA) is 80.1 Å². The van der Waals surface area contributed by atoms with E-state index in [1.807, 2.05) is 0 Å². The van der Waals surface area contributed by atoms with Gasteiger partial charge >= 0.3 is 0 Å². The molecule has 0 amide bonds. The van der Waals surface area contributed by atoms with Crippen molar-refractivity contribution in [3.63, 3.8) is 0 Å². The molecule has 1 aromatic heterocycles. The SMILES string of the molecule is O=S([O-])On1nnc2ccccc21. The standard InChI is InChI=1S/C6H5N3O3S/c10-13(11)12-9-6-4-2-1-3-5(6)7-8-9/h1-4H,(H,10,11)/p-1. The van der Waals surface area contributed by atoms with Gasteiger partial charge in [-0.15, -0.1) is 5.10 Å². The van der Waals surface area contributed by atoms with E-state index in [0.717, 1.165) is 4.85 Å². The molecule has 0 N–H and O–H groups in total. The molecule has 7 heteroatoms. The Kier molecular flexibility index (Phi) is 1.95. The van der Waals surface area contributed by atoms with Crippen molar-refractivity contribution < 1.29 is 13.0 Å². The van der Waals surface area contributed by atoms with Crippen LogP contribution in [0.2, 0.25) is 0 Å². The largest absolute Gasteiger partial charge is 0.738 e. The molecule has 0 fully saturated rings. The van der Waals surface area contributed by atoms with Crippen LogP contribution in [0.25, 0.3) is 11.0 Å². The molecule has 13 heavy (non-hydrogen) atoms. The van der Waals surface area contributed by atoms with E-state index in [9.17, 15) is 8.76 Å². The van der Waals surface area contributed by atoms with Gasteiger partial charge in [0, 0.05) is 0 Å². The van der Waals surface area contributed by atoms with E-state index in [-0.39, 0.29) is 0 Å². The Morgan fingerprint density at radius 1 is 1.46 bits per heavy atom. The Labute approximate surface area is 75.6 Å². The van der Waals surface area contributed by atoms with Gasteiger partial charge in [-0.2, -0.15) is 0 Å². The highest BCUT2D eigenvalue weighted by molar-refractivity contribution is 7.74. The van der Waals surface area contributed by atoms with E-state index in [1.165, 1.54) is 0 Å². The summed E-state index contributed by atoms with van der Waals surface area (Å²) in [6.07, 6.45) is 0. The minimum absolute atomic E-state index is 0.506. The van der Waals surface area contributed by atoms with Gasteiger partial charge < -0.3 is 8.84 Å². The first-order chi connectivity index (χ1) is 6.27. The van der Waals surface area contributed by atoms with Gasteiger partial charge in [-0.3, -0.25) is 0 Å². The van der Waals surface area contributed by atoms with E-state index >= 15 is 0 Å². The third-order valence-electron chi connectivity index (χ3n) is 1.45. The first-order valence-electron chi connectivity index (χ1n) is 3.36. The molecular weight excluding hydrogens is 194 g/mol. The second-order valence-electron chi connectivity index (χ2n) is 2.23. The van der Waals surface area contributed by atoms with Crippen LogP contribution in [-0.4, -0.2) is 23.9 Å². The molecule has 0 aliphatic heterocycles. The Hall–Kier alpha value is -1.47. The van der Waals surface area contributed by atoms with E-state index in [0.29, 0.717) is 11.0 Å². The van der Waals surface area contributed by atoms with Crippen molar-refractivity contribution in [3.05, 3.63) is 24.3 Å². The summed E-state index contributed by atoms with van der Waals surface area (Å²) in [6, 6.07) is 6.87. The Bertz CT molecular complexity index is 455. The zero-order valence-electron chi connectivity index (χ0n) is 6.28. The van der Waals surface area contributed by atoms with Crippen molar-refractivity contribution in [1.82, 2.24) is 15.2 Å². The van der Waals surface area contributed by atoms with Crippen LogP contribution in [0.4, 0.5) is 0 Å². The second kappa shape index (κ2) is 3.11. The minimum Gasteiger partial charge on any atom is -0.738 e. The van der Waals surface area contributed by atoms with Gasteiger partial charge in [0.15, 0.2) is 11.4 Å². The molecule has 0 saturated carbocycles. The predicted octanol–water partition coefficient (Wildman–Crippen LogP) is -0.346. The fraction of sp³-hybridized carbons (Fsp3) is 0. The fourth-order valence-electron chi connectivity index (χ4n) is 0.960. The molecule has 0 saturated heterocycles. The summed E-state index contributed by atoms with van der Waals surface area (Å²) >= 11 is -2.64. The molecule has 6 nitrogen and oxygen atoms in total. The maximum atomic E-state index is 10.2. The molecule has 0 bridgehead atoms. The van der Waals surface area contributed by atoms with Crippen molar-refractivity contribution >= 4 is 22.4 Å². The Morgan fingerprint density at radius 2 is 2.23 bits per heavy atom. The molecule has 2 aromatic rings. The van der Waals surface area contributed by atoms with Gasteiger partial charge in [-0.05, 0) is 17.3 Å². The summed E-state index contributed by atoms with van der Waals surface area (Å²) in [4.78, 5) is 0.846. The quantitative estimate of drug-likeness (QED) is 0.616. The average molecular weight is 198 g/mol. The van der Waals surface area contributed by atoms with Gasteiger partial charge in [0.1, 0.15) is 11.0 Å². The number of nitrogens with zero attached hydrogens (tertiary/aromatic N) is 3. The summed E-state index contributed by atoms with van der Waals surface area (Å²) in [7, 11) is 0. The number of rotatable bonds is 2. The number of hydrogen-bond donors (Lipinski definition) is 0. The first kappa shape index (κ1) is 8.14. The number of benzene rings is 1. The first-order valence-corrected chi connectivity index (χ1v) is 4.36. The van der Waals surface area contributed by atoms with E-state index < -0.39 is 11.4 Å². The number of para-hydroxylation sites is 1. The van der Waals surface area contributed by atoms with Gasteiger partial charge in [-0.1, -0.05) is 17.0 Å². The molecule has 0 spiro atoms. The molecule has 0 aliphatic carbocycles. The lowest BCUT2D eigenvalue weighted by Crippen LogP contribution is -2.14. The van der Waals surface area contributed by atoms with Crippen LogP contribution in [0.5, 0.6) is 0 Å². The fourth-order valence-corrected chi connectivity index (χ4v) is 1.19. The predicted molar refractivity (Wildman–Crippen MR) is 43.0 cm³/mol. The molecule has 68 valence electrons. The summed E-state index contributed by atoms with van der Waals surface area (Å²) in [5.41, 5.74) is 1.08. The minimum atomic E-state index is -2.64. The number of hydrogen-bond acceptors (Lipinski definition) is 5. The molecule has 0 aliphatic rings. The van der Waals surface area contributed by atoms with Crippen LogP contribution < -0.4 is 4.28 Å². The molecule has 1 atom stereocenters. The number of fused-ring (bicyclic) bond motifs is 1. The van der Waals surface area contributed by atoms with Gasteiger partial charge in [0.2, 0.25) is 0 Å². The van der Waals surface area contributed by atoms with Gasteiger partial charge in [-0.25, -0.2) is 4.21 Å². The van der Waals surface area contributed by atoms with Gasteiger partial charge in [0.05, 0.1) is 0 Å². The molecule has 1 heterocycles. The van der Waals surface area contributed by atoms with E-state index in [4.69, 9.17) is 0 Å². The Morgan fingerprint density at radius 3 is 3.00 bits per heavy atom. The lowest BCUT2D eigenvalue weighted by Gasteiger charge is -2.04. The summed E-state index contributed by atoms with van der Waals surface area (Å²) in [6.45, 7) is 0. The van der Waals surface area contributed by atoms with Crippen LogP contribution in [-0.2, 0) is 11.4 Å².